The summed E-state index contributed by atoms with van der Waals surface area (Å²) in [4.78, 5) is 28.5. The summed E-state index contributed by atoms with van der Waals surface area (Å²) in [5, 5.41) is 6.94. The number of H-pyrrole nitrogens is 1. The van der Waals surface area contributed by atoms with Crippen LogP contribution in [0.5, 0.6) is 0 Å². The highest BCUT2D eigenvalue weighted by atomic mass is 32.1. The molecule has 1 amide bonds. The molecule has 0 fully saturated rings. The second kappa shape index (κ2) is 6.82. The number of rotatable bonds is 5. The second-order valence-electron chi connectivity index (χ2n) is 5.51. The van der Waals surface area contributed by atoms with E-state index >= 15 is 0 Å². The normalized spacial score (nSPS) is 10.9. The van der Waals surface area contributed by atoms with E-state index in [2.05, 4.69) is 25.3 Å². The number of imidazole rings is 1. The fraction of sp³-hybridized carbons (Fsp3) is 0.111. The summed E-state index contributed by atoms with van der Waals surface area (Å²) in [5.74, 6) is 0.575. The maximum absolute atomic E-state index is 12.5. The summed E-state index contributed by atoms with van der Waals surface area (Å²) in [6, 6.07) is 7.56. The topological polar surface area (TPSA) is 83.6 Å². The summed E-state index contributed by atoms with van der Waals surface area (Å²) in [7, 11) is 0. The number of fused-ring (bicyclic) bond motifs is 1. The Morgan fingerprint density at radius 2 is 2.04 bits per heavy atom. The van der Waals surface area contributed by atoms with Crippen molar-refractivity contribution in [2.75, 3.05) is 6.54 Å². The van der Waals surface area contributed by atoms with Crippen molar-refractivity contribution in [1.29, 1.82) is 0 Å². The van der Waals surface area contributed by atoms with Crippen LogP contribution in [0.4, 0.5) is 0 Å². The first kappa shape index (κ1) is 15.5. The quantitative estimate of drug-likeness (QED) is 0.580. The number of aromatic nitrogens is 4. The zero-order valence-corrected chi connectivity index (χ0v) is 14.1. The van der Waals surface area contributed by atoms with Crippen molar-refractivity contribution in [2.24, 2.45) is 0 Å². The molecule has 0 aliphatic heterocycles. The molecule has 7 heteroatoms. The van der Waals surface area contributed by atoms with Crippen molar-refractivity contribution in [3.05, 3.63) is 64.7 Å². The Hall–Kier alpha value is -3.06. The number of carbonyl (C=O) groups is 1. The Labute approximate surface area is 148 Å². The van der Waals surface area contributed by atoms with Gasteiger partial charge in [0.2, 0.25) is 0 Å². The molecule has 0 bridgehead atoms. The summed E-state index contributed by atoms with van der Waals surface area (Å²) in [6.45, 7) is 0.550. The molecule has 0 atom stereocenters. The Kier molecular flexibility index (Phi) is 4.22. The van der Waals surface area contributed by atoms with Crippen LogP contribution in [0.15, 0.2) is 53.6 Å². The van der Waals surface area contributed by atoms with Gasteiger partial charge in [0.15, 0.2) is 5.65 Å². The van der Waals surface area contributed by atoms with Gasteiger partial charge in [-0.05, 0) is 41.6 Å². The van der Waals surface area contributed by atoms with Gasteiger partial charge in [-0.25, -0.2) is 9.97 Å². The standard InChI is InChI=1S/C18H15N5OS/c24-18(21-8-3-12-1-6-19-7-2-12)14-4-9-20-17-15(14)22-16(23-17)13-5-10-25-11-13/h1-2,4-7,9-11H,3,8H2,(H,21,24)(H,20,22,23). The van der Waals surface area contributed by atoms with Gasteiger partial charge in [-0.2, -0.15) is 11.3 Å². The third kappa shape index (κ3) is 3.27. The predicted octanol–water partition coefficient (Wildman–Crippen LogP) is 3.05. The molecule has 0 radical (unpaired) electrons. The molecular formula is C18H15N5OS. The van der Waals surface area contributed by atoms with Crippen molar-refractivity contribution in [3.63, 3.8) is 0 Å². The third-order valence-corrected chi connectivity index (χ3v) is 4.56. The van der Waals surface area contributed by atoms with Crippen LogP contribution in [0, 0.1) is 0 Å². The molecular weight excluding hydrogens is 334 g/mol. The fourth-order valence-electron chi connectivity index (χ4n) is 2.59. The minimum absolute atomic E-state index is 0.148. The van der Waals surface area contributed by atoms with Crippen LogP contribution >= 0.6 is 11.3 Å². The lowest BCUT2D eigenvalue weighted by Crippen LogP contribution is -2.26. The SMILES string of the molecule is O=C(NCCc1ccncc1)c1ccnc2[nH]c(-c3ccsc3)nc12. The van der Waals surface area contributed by atoms with Gasteiger partial charge in [0.05, 0.1) is 5.56 Å². The second-order valence-corrected chi connectivity index (χ2v) is 6.29. The molecule has 124 valence electrons. The maximum Gasteiger partial charge on any atom is 0.253 e. The van der Waals surface area contributed by atoms with E-state index in [-0.39, 0.29) is 5.91 Å². The van der Waals surface area contributed by atoms with E-state index in [0.717, 1.165) is 23.4 Å². The van der Waals surface area contributed by atoms with Crippen molar-refractivity contribution < 1.29 is 4.79 Å². The van der Waals surface area contributed by atoms with E-state index in [1.165, 1.54) is 0 Å². The summed E-state index contributed by atoms with van der Waals surface area (Å²) >= 11 is 1.60. The number of nitrogens with one attached hydrogen (secondary N) is 2. The average Bonchev–Trinajstić information content (AvgIpc) is 3.31. The molecule has 0 aliphatic carbocycles. The monoisotopic (exact) mass is 349 g/mol. The summed E-state index contributed by atoms with van der Waals surface area (Å²) < 4.78 is 0. The van der Waals surface area contributed by atoms with Crippen molar-refractivity contribution in [3.8, 4) is 11.4 Å². The van der Waals surface area contributed by atoms with Gasteiger partial charge in [0.25, 0.3) is 5.91 Å². The lowest BCUT2D eigenvalue weighted by Gasteiger charge is -2.05. The average molecular weight is 349 g/mol. The lowest BCUT2D eigenvalue weighted by molar-refractivity contribution is 0.0955. The van der Waals surface area contributed by atoms with Crippen molar-refractivity contribution in [2.45, 2.75) is 6.42 Å². The maximum atomic E-state index is 12.5. The van der Waals surface area contributed by atoms with Gasteiger partial charge in [0.1, 0.15) is 11.3 Å². The first-order chi connectivity index (χ1) is 12.3. The van der Waals surface area contributed by atoms with Gasteiger partial charge < -0.3 is 10.3 Å². The van der Waals surface area contributed by atoms with E-state index < -0.39 is 0 Å². The number of carbonyl (C=O) groups excluding carboxylic acids is 1. The third-order valence-electron chi connectivity index (χ3n) is 3.87. The molecule has 4 heterocycles. The highest BCUT2D eigenvalue weighted by Gasteiger charge is 2.15. The fourth-order valence-corrected chi connectivity index (χ4v) is 3.24. The first-order valence-electron chi connectivity index (χ1n) is 7.85. The summed E-state index contributed by atoms with van der Waals surface area (Å²) in [6.07, 6.45) is 5.87. The molecule has 0 unspecified atom stereocenters. The molecule has 4 aromatic heterocycles. The van der Waals surface area contributed by atoms with Gasteiger partial charge >= 0.3 is 0 Å². The highest BCUT2D eigenvalue weighted by Crippen LogP contribution is 2.23. The number of hydrogen-bond acceptors (Lipinski definition) is 5. The van der Waals surface area contributed by atoms with Gasteiger partial charge in [0, 0.05) is 36.1 Å². The number of amides is 1. The van der Waals surface area contributed by atoms with Crippen LogP contribution in [-0.4, -0.2) is 32.4 Å². The largest absolute Gasteiger partial charge is 0.352 e. The first-order valence-corrected chi connectivity index (χ1v) is 8.80. The number of pyridine rings is 2. The number of aromatic amines is 1. The smallest absolute Gasteiger partial charge is 0.253 e. The Morgan fingerprint density at radius 1 is 1.16 bits per heavy atom. The van der Waals surface area contributed by atoms with Gasteiger partial charge in [-0.1, -0.05) is 0 Å². The molecule has 4 aromatic rings. The molecule has 0 aromatic carbocycles. The van der Waals surface area contributed by atoms with E-state index in [1.54, 1.807) is 36.0 Å². The summed E-state index contributed by atoms with van der Waals surface area (Å²) in [5.41, 5.74) is 3.85. The lowest BCUT2D eigenvalue weighted by atomic mass is 10.2. The molecule has 2 N–H and O–H groups in total. The minimum Gasteiger partial charge on any atom is -0.352 e. The molecule has 25 heavy (non-hydrogen) atoms. The van der Waals surface area contributed by atoms with Crippen LogP contribution < -0.4 is 5.32 Å². The van der Waals surface area contributed by atoms with Crippen molar-refractivity contribution in [1.82, 2.24) is 25.3 Å². The molecule has 6 nitrogen and oxygen atoms in total. The van der Waals surface area contributed by atoms with Gasteiger partial charge in [-0.15, -0.1) is 0 Å². The van der Waals surface area contributed by atoms with E-state index in [9.17, 15) is 4.79 Å². The molecule has 0 aliphatic rings. The van der Waals surface area contributed by atoms with E-state index in [1.807, 2.05) is 29.0 Å². The Balaban J connectivity index is 1.53. The van der Waals surface area contributed by atoms with E-state index in [0.29, 0.717) is 23.3 Å². The van der Waals surface area contributed by atoms with Gasteiger partial charge in [-0.3, -0.25) is 9.78 Å². The number of thiophene rings is 1. The van der Waals surface area contributed by atoms with Crippen molar-refractivity contribution >= 4 is 28.4 Å². The van der Waals surface area contributed by atoms with Crippen LogP contribution in [-0.2, 0) is 6.42 Å². The van der Waals surface area contributed by atoms with Crippen LogP contribution in [0.3, 0.4) is 0 Å². The van der Waals surface area contributed by atoms with Crippen LogP contribution in [0.2, 0.25) is 0 Å². The Morgan fingerprint density at radius 3 is 2.84 bits per heavy atom. The van der Waals surface area contributed by atoms with E-state index in [4.69, 9.17) is 0 Å². The zero-order chi connectivity index (χ0) is 17.1. The molecule has 0 saturated heterocycles. The number of hydrogen-bond donors (Lipinski definition) is 2. The highest BCUT2D eigenvalue weighted by molar-refractivity contribution is 7.08. The zero-order valence-electron chi connectivity index (χ0n) is 13.3. The van der Waals surface area contributed by atoms with Crippen LogP contribution in [0.1, 0.15) is 15.9 Å². The molecule has 0 spiro atoms. The Bertz CT molecular complexity index is 995. The minimum atomic E-state index is -0.148. The van der Waals surface area contributed by atoms with Crippen LogP contribution in [0.25, 0.3) is 22.6 Å². The number of nitrogens with zero attached hydrogens (tertiary/aromatic N) is 3. The molecule has 0 saturated carbocycles. The predicted molar refractivity (Wildman–Crippen MR) is 97.5 cm³/mol. The molecule has 4 rings (SSSR count).